The molecule has 21 heavy (non-hydrogen) atoms. The van der Waals surface area contributed by atoms with E-state index in [9.17, 15) is 4.39 Å². The first-order chi connectivity index (χ1) is 10.2. The van der Waals surface area contributed by atoms with E-state index in [0.717, 1.165) is 18.4 Å². The molecule has 0 aliphatic carbocycles. The second-order valence-electron chi connectivity index (χ2n) is 4.28. The van der Waals surface area contributed by atoms with Gasteiger partial charge in [0, 0.05) is 6.54 Å². The van der Waals surface area contributed by atoms with Crippen molar-refractivity contribution in [2.75, 3.05) is 18.5 Å². The molecule has 0 radical (unpaired) electrons. The van der Waals surface area contributed by atoms with Crippen LogP contribution in [-0.2, 0) is 0 Å². The van der Waals surface area contributed by atoms with Crippen molar-refractivity contribution in [3.8, 4) is 17.4 Å². The lowest BCUT2D eigenvalue weighted by molar-refractivity contribution is 0.339. The Hall–Kier alpha value is -2.37. The van der Waals surface area contributed by atoms with Crippen LogP contribution in [0.4, 0.5) is 10.3 Å². The van der Waals surface area contributed by atoms with Gasteiger partial charge in [-0.1, -0.05) is 6.92 Å². The number of hydrogen-bond donors (Lipinski definition) is 1. The van der Waals surface area contributed by atoms with Crippen LogP contribution in [0.15, 0.2) is 30.5 Å². The standard InChI is InChI=1S/C15H18FN3O2/c1-3-9-17-15-18-10-13(16)14(19-15)21-12-7-5-11(6-8-12)20-4-2/h5-8,10H,3-4,9H2,1-2H3,(H,17,18,19). The van der Waals surface area contributed by atoms with E-state index in [1.54, 1.807) is 24.3 Å². The maximum Gasteiger partial charge on any atom is 0.260 e. The summed E-state index contributed by atoms with van der Waals surface area (Å²) in [4.78, 5) is 7.87. The Balaban J connectivity index is 2.10. The van der Waals surface area contributed by atoms with Gasteiger partial charge in [-0.25, -0.2) is 4.98 Å². The number of nitrogens with zero attached hydrogens (tertiary/aromatic N) is 2. The minimum atomic E-state index is -0.606. The van der Waals surface area contributed by atoms with Gasteiger partial charge in [0.2, 0.25) is 11.8 Å². The van der Waals surface area contributed by atoms with Crippen LogP contribution in [0.2, 0.25) is 0 Å². The fraction of sp³-hybridized carbons (Fsp3) is 0.333. The molecule has 1 heterocycles. The van der Waals surface area contributed by atoms with E-state index in [-0.39, 0.29) is 5.88 Å². The Morgan fingerprint density at radius 3 is 2.52 bits per heavy atom. The van der Waals surface area contributed by atoms with Crippen molar-refractivity contribution in [1.82, 2.24) is 9.97 Å². The van der Waals surface area contributed by atoms with Crippen molar-refractivity contribution in [2.24, 2.45) is 0 Å². The molecule has 0 amide bonds. The minimum Gasteiger partial charge on any atom is -0.494 e. The summed E-state index contributed by atoms with van der Waals surface area (Å²) in [5.74, 6) is 0.855. The highest BCUT2D eigenvalue weighted by atomic mass is 19.1. The topological polar surface area (TPSA) is 56.3 Å². The van der Waals surface area contributed by atoms with Gasteiger partial charge in [0.1, 0.15) is 11.5 Å². The first-order valence-corrected chi connectivity index (χ1v) is 6.90. The van der Waals surface area contributed by atoms with Gasteiger partial charge in [-0.2, -0.15) is 9.37 Å². The molecule has 1 N–H and O–H groups in total. The lowest BCUT2D eigenvalue weighted by Crippen LogP contribution is -2.05. The van der Waals surface area contributed by atoms with E-state index in [2.05, 4.69) is 15.3 Å². The number of benzene rings is 1. The third-order valence-corrected chi connectivity index (χ3v) is 2.59. The molecule has 2 aromatic rings. The molecule has 0 spiro atoms. The van der Waals surface area contributed by atoms with E-state index < -0.39 is 5.82 Å². The second-order valence-corrected chi connectivity index (χ2v) is 4.28. The quantitative estimate of drug-likeness (QED) is 0.844. The van der Waals surface area contributed by atoms with Crippen molar-refractivity contribution < 1.29 is 13.9 Å². The van der Waals surface area contributed by atoms with E-state index in [1.807, 2.05) is 13.8 Å². The highest BCUT2D eigenvalue weighted by Gasteiger charge is 2.09. The molecule has 6 heteroatoms. The van der Waals surface area contributed by atoms with E-state index in [0.29, 0.717) is 24.8 Å². The number of nitrogens with one attached hydrogen (secondary N) is 1. The number of rotatable bonds is 7. The summed E-state index contributed by atoms with van der Waals surface area (Å²) in [5, 5.41) is 2.98. The molecule has 1 aromatic heterocycles. The van der Waals surface area contributed by atoms with Gasteiger partial charge in [-0.05, 0) is 37.6 Å². The van der Waals surface area contributed by atoms with E-state index >= 15 is 0 Å². The summed E-state index contributed by atoms with van der Waals surface area (Å²) in [6, 6.07) is 6.92. The molecule has 112 valence electrons. The van der Waals surface area contributed by atoms with E-state index in [1.165, 1.54) is 0 Å². The third kappa shape index (κ3) is 4.30. The van der Waals surface area contributed by atoms with Crippen molar-refractivity contribution in [2.45, 2.75) is 20.3 Å². The predicted molar refractivity (Wildman–Crippen MR) is 78.5 cm³/mol. The minimum absolute atomic E-state index is 0.104. The van der Waals surface area contributed by atoms with Crippen LogP contribution < -0.4 is 14.8 Å². The molecule has 5 nitrogen and oxygen atoms in total. The SMILES string of the molecule is CCCNc1ncc(F)c(Oc2ccc(OCC)cc2)n1. The molecule has 0 fully saturated rings. The maximum absolute atomic E-state index is 13.7. The van der Waals surface area contributed by atoms with Crippen LogP contribution in [0, 0.1) is 5.82 Å². The van der Waals surface area contributed by atoms with Crippen molar-refractivity contribution in [3.63, 3.8) is 0 Å². The van der Waals surface area contributed by atoms with Crippen molar-refractivity contribution >= 4 is 5.95 Å². The second kappa shape index (κ2) is 7.42. The highest BCUT2D eigenvalue weighted by molar-refractivity contribution is 5.35. The zero-order chi connectivity index (χ0) is 15.1. The molecular formula is C15H18FN3O2. The zero-order valence-electron chi connectivity index (χ0n) is 12.1. The smallest absolute Gasteiger partial charge is 0.260 e. The Morgan fingerprint density at radius 2 is 1.86 bits per heavy atom. The molecule has 0 saturated carbocycles. The van der Waals surface area contributed by atoms with Gasteiger partial charge in [0.25, 0.3) is 5.88 Å². The zero-order valence-corrected chi connectivity index (χ0v) is 12.1. The summed E-state index contributed by atoms with van der Waals surface area (Å²) in [6.45, 7) is 5.24. The van der Waals surface area contributed by atoms with Crippen molar-refractivity contribution in [1.29, 1.82) is 0 Å². The maximum atomic E-state index is 13.7. The molecule has 0 aliphatic rings. The van der Waals surface area contributed by atoms with Gasteiger partial charge in [-0.3, -0.25) is 0 Å². The lowest BCUT2D eigenvalue weighted by atomic mass is 10.3. The van der Waals surface area contributed by atoms with Gasteiger partial charge < -0.3 is 14.8 Å². The van der Waals surface area contributed by atoms with E-state index in [4.69, 9.17) is 9.47 Å². The Labute approximate surface area is 123 Å². The summed E-state index contributed by atoms with van der Waals surface area (Å²) in [6.07, 6.45) is 2.02. The van der Waals surface area contributed by atoms with Crippen LogP contribution in [-0.4, -0.2) is 23.1 Å². The molecule has 0 unspecified atom stereocenters. The number of ether oxygens (including phenoxy) is 2. The third-order valence-electron chi connectivity index (χ3n) is 2.59. The van der Waals surface area contributed by atoms with Crippen molar-refractivity contribution in [3.05, 3.63) is 36.3 Å². The Morgan fingerprint density at radius 1 is 1.14 bits per heavy atom. The monoisotopic (exact) mass is 291 g/mol. The summed E-state index contributed by atoms with van der Waals surface area (Å²) in [7, 11) is 0. The molecule has 1 aromatic carbocycles. The molecule has 2 rings (SSSR count). The average Bonchev–Trinajstić information content (AvgIpc) is 2.50. The van der Waals surface area contributed by atoms with Crippen LogP contribution >= 0.6 is 0 Å². The van der Waals surface area contributed by atoms with Crippen LogP contribution in [0.5, 0.6) is 17.4 Å². The van der Waals surface area contributed by atoms with Gasteiger partial charge in [-0.15, -0.1) is 0 Å². The predicted octanol–water partition coefficient (Wildman–Crippen LogP) is 3.63. The molecule has 0 bridgehead atoms. The Kier molecular flexibility index (Phi) is 5.31. The van der Waals surface area contributed by atoms with Gasteiger partial charge in [0.15, 0.2) is 0 Å². The first kappa shape index (κ1) is 15.0. The first-order valence-electron chi connectivity index (χ1n) is 6.90. The normalized spacial score (nSPS) is 10.2. The fourth-order valence-electron chi connectivity index (χ4n) is 1.63. The molecule has 0 atom stereocenters. The number of aromatic nitrogens is 2. The lowest BCUT2D eigenvalue weighted by Gasteiger charge is -2.09. The van der Waals surface area contributed by atoms with Gasteiger partial charge in [0.05, 0.1) is 12.8 Å². The average molecular weight is 291 g/mol. The largest absolute Gasteiger partial charge is 0.494 e. The number of halogens is 1. The Bertz CT molecular complexity index is 576. The molecule has 0 aliphatic heterocycles. The number of hydrogen-bond acceptors (Lipinski definition) is 5. The summed E-state index contributed by atoms with van der Waals surface area (Å²) < 4.78 is 24.4. The summed E-state index contributed by atoms with van der Waals surface area (Å²) >= 11 is 0. The number of anilines is 1. The fourth-order valence-corrected chi connectivity index (χ4v) is 1.63. The highest BCUT2D eigenvalue weighted by Crippen LogP contribution is 2.24. The van der Waals surface area contributed by atoms with Crippen LogP contribution in [0.25, 0.3) is 0 Å². The van der Waals surface area contributed by atoms with Crippen LogP contribution in [0.3, 0.4) is 0 Å². The molecule has 0 saturated heterocycles. The van der Waals surface area contributed by atoms with Gasteiger partial charge >= 0.3 is 0 Å². The summed E-state index contributed by atoms with van der Waals surface area (Å²) in [5.41, 5.74) is 0. The molecular weight excluding hydrogens is 273 g/mol. The van der Waals surface area contributed by atoms with Crippen LogP contribution in [0.1, 0.15) is 20.3 Å².